The summed E-state index contributed by atoms with van der Waals surface area (Å²) in [5, 5.41) is 0. The Bertz CT molecular complexity index is 11.6. The van der Waals surface area contributed by atoms with Crippen molar-refractivity contribution in [2.45, 2.75) is 0 Å². The summed E-state index contributed by atoms with van der Waals surface area (Å²) in [4.78, 5) is 0. The monoisotopic (exact) mass is 187 g/mol. The average Bonchev–Trinajstić information content (AvgIpc) is 0.811. The molecule has 0 bridgehead atoms. The van der Waals surface area contributed by atoms with E-state index < -0.39 is 14.8 Å². The van der Waals surface area contributed by atoms with Gasteiger partial charge in [-0.2, -0.15) is 0 Å². The Morgan fingerprint density at radius 1 is 1.40 bits per heavy atom. The van der Waals surface area contributed by atoms with E-state index in [9.17, 15) is 0 Å². The normalized spacial score (nSPS) is 7.20. The maximum absolute atomic E-state index is 8.63. The molecule has 0 spiro atoms. The predicted octanol–water partition coefficient (Wildman–Crippen LogP) is -2.94. The first-order valence-corrected chi connectivity index (χ1v) is 2.48. The Morgan fingerprint density at radius 2 is 1.40 bits per heavy atom. The third kappa shape index (κ3) is 53.3. The van der Waals surface area contributed by atoms with Crippen molar-refractivity contribution in [1.29, 1.82) is 0 Å². The summed E-state index contributed by atoms with van der Waals surface area (Å²) in [5.41, 5.74) is 0. The van der Waals surface area contributed by atoms with Crippen molar-refractivity contribution < 1.29 is 44.2 Å². The number of halogens is 1. The van der Waals surface area contributed by atoms with Crippen LogP contribution in [0.4, 0.5) is 0 Å². The molecule has 0 rings (SSSR count). The largest absolute Gasteiger partial charge is 0.433 e. The molecule has 35 valence electrons. The van der Waals surface area contributed by atoms with Crippen LogP contribution in [-0.2, 0) is 16.8 Å². The molecule has 0 amide bonds. The third-order valence-corrected chi connectivity index (χ3v) is 0. The van der Waals surface area contributed by atoms with E-state index in [1.807, 2.05) is 0 Å². The molecule has 0 fully saturated rings. The molecule has 0 atom stereocenters. The van der Waals surface area contributed by atoms with E-state index in [1.54, 1.807) is 0 Å². The minimum atomic E-state index is -3.40. The Kier molecular flexibility index (Phi) is 9.05. The molecule has 1 radical (unpaired) electrons. The predicted molar refractivity (Wildman–Crippen MR) is 2.22 cm³/mol. The molecule has 0 aromatic carbocycles. The molecule has 0 aromatic heterocycles. The quantitative estimate of drug-likeness (QED) is 0.442. The fraction of sp³-hybridized carbons (Fsp3) is 0. The van der Waals surface area contributed by atoms with Crippen molar-refractivity contribution in [3.8, 4) is 0 Å². The van der Waals surface area contributed by atoms with Crippen molar-refractivity contribution in [3.05, 3.63) is 0 Å². The van der Waals surface area contributed by atoms with Gasteiger partial charge in [0.1, 0.15) is 0 Å². The topological polar surface area (TPSA) is 66.3 Å². The molecule has 0 aliphatic heterocycles. The van der Waals surface area contributed by atoms with Gasteiger partial charge in [-0.15, -0.1) is 0 Å². The van der Waals surface area contributed by atoms with Crippen LogP contribution >= 0.6 is 0 Å². The first-order valence-electron chi connectivity index (χ1n) is 0.478. The van der Waals surface area contributed by atoms with Crippen LogP contribution in [0.15, 0.2) is 0 Å². The minimum absolute atomic E-state index is 0. The summed E-state index contributed by atoms with van der Waals surface area (Å²) in [6.07, 6.45) is 0. The van der Waals surface area contributed by atoms with E-state index in [1.165, 1.54) is 0 Å². The molecular weight excluding hydrogens is 187 g/mol. The van der Waals surface area contributed by atoms with Gasteiger partial charge in [-0.3, -0.25) is 0 Å². The van der Waals surface area contributed by atoms with E-state index in [0.29, 0.717) is 0 Å². The van der Waals surface area contributed by atoms with Crippen LogP contribution in [0.5, 0.6) is 0 Å². The van der Waals surface area contributed by atoms with Gasteiger partial charge in [0.25, 0.3) is 0 Å². The summed E-state index contributed by atoms with van der Waals surface area (Å²) in [6, 6.07) is 0. The fourth-order valence-electron chi connectivity index (χ4n) is 0. The Hall–Kier alpha value is 0.866. The molecule has 0 unspecified atom stereocenters. The second-order valence-corrected chi connectivity index (χ2v) is 1.04. The van der Waals surface area contributed by atoms with Gasteiger partial charge < -0.3 is 8.40 Å². The van der Waals surface area contributed by atoms with Crippen LogP contribution in [0, 0.1) is 14.8 Å². The Morgan fingerprint density at radius 3 is 1.40 bits per heavy atom. The van der Waals surface area contributed by atoms with E-state index in [4.69, 9.17) is 12.6 Å². The zero-order chi connectivity index (χ0) is 3.58. The number of rotatable bonds is 0. The van der Waals surface area contributed by atoms with E-state index >= 15 is 0 Å². The molecule has 0 saturated heterocycles. The second kappa shape index (κ2) is 4.87. The number of hydrogen-bond acceptors (Lipinski definition) is 3. The molecule has 3 nitrogen and oxygen atoms in total. The van der Waals surface area contributed by atoms with Gasteiger partial charge >= 0.3 is 14.8 Å². The Balaban J connectivity index is 0. The minimum Gasteiger partial charge on any atom is -0.372 e. The van der Waals surface area contributed by atoms with Crippen molar-refractivity contribution in [3.63, 3.8) is 0 Å². The first kappa shape index (κ1) is 9.29. The summed E-state index contributed by atoms with van der Waals surface area (Å²) in [7, 11) is 0. The summed E-state index contributed by atoms with van der Waals surface area (Å²) in [5.74, 6) is 0. The molecule has 0 saturated carbocycles. The molecule has 0 aliphatic carbocycles. The molecule has 5 heavy (non-hydrogen) atoms. The van der Waals surface area contributed by atoms with Crippen molar-refractivity contribution in [2.75, 3.05) is 0 Å². The van der Waals surface area contributed by atoms with Gasteiger partial charge in [-0.25, -0.2) is 0 Å². The SMILES string of the molecule is [Co].[O-][Br+2]([O-])O. The van der Waals surface area contributed by atoms with Crippen LogP contribution in [0.1, 0.15) is 0 Å². The average molecular weight is 188 g/mol. The summed E-state index contributed by atoms with van der Waals surface area (Å²) >= 11 is -3.40. The van der Waals surface area contributed by atoms with Gasteiger partial charge in [0.15, 0.2) is 0 Å². The second-order valence-electron chi connectivity index (χ2n) is 0.201. The van der Waals surface area contributed by atoms with Crippen LogP contribution in [-0.4, -0.2) is 4.20 Å². The van der Waals surface area contributed by atoms with Gasteiger partial charge in [0.2, 0.25) is 0 Å². The van der Waals surface area contributed by atoms with Gasteiger partial charge in [0, 0.05) is 16.8 Å². The van der Waals surface area contributed by atoms with Crippen molar-refractivity contribution >= 4 is 0 Å². The molecular formula is HBrCoO3. The van der Waals surface area contributed by atoms with Crippen LogP contribution < -0.4 is 8.40 Å². The van der Waals surface area contributed by atoms with E-state index in [0.717, 1.165) is 0 Å². The van der Waals surface area contributed by atoms with Crippen molar-refractivity contribution in [2.24, 2.45) is 0 Å². The zero-order valence-electron chi connectivity index (χ0n) is 1.98. The molecule has 0 aliphatic rings. The maximum atomic E-state index is 8.63. The van der Waals surface area contributed by atoms with Gasteiger partial charge in [-0.05, 0) is 4.20 Å². The van der Waals surface area contributed by atoms with E-state index in [2.05, 4.69) is 0 Å². The Labute approximate surface area is 44.6 Å². The smallest absolute Gasteiger partial charge is 0.372 e. The molecule has 1 N–H and O–H groups in total. The van der Waals surface area contributed by atoms with Crippen LogP contribution in [0.25, 0.3) is 0 Å². The van der Waals surface area contributed by atoms with Gasteiger partial charge in [0.05, 0.1) is 0 Å². The molecule has 0 aromatic rings. The maximum Gasteiger partial charge on any atom is 0.433 e. The van der Waals surface area contributed by atoms with Crippen molar-refractivity contribution in [1.82, 2.24) is 0 Å². The van der Waals surface area contributed by atoms with Crippen LogP contribution in [0.2, 0.25) is 0 Å². The number of hydrogen-bond donors (Lipinski definition) is 1. The standard InChI is InChI=1S/BrHO3.Co/c2-1(3)4;/h2H;. The third-order valence-electron chi connectivity index (χ3n) is 0. The first-order chi connectivity index (χ1) is 1.73. The molecule has 0 heterocycles. The van der Waals surface area contributed by atoms with Gasteiger partial charge in [-0.1, -0.05) is 0 Å². The zero-order valence-corrected chi connectivity index (χ0v) is 4.60. The van der Waals surface area contributed by atoms with Crippen LogP contribution in [0.3, 0.4) is 0 Å². The summed E-state index contributed by atoms with van der Waals surface area (Å²) in [6.45, 7) is 0. The fourth-order valence-corrected chi connectivity index (χ4v) is 0. The molecule has 5 heteroatoms. The summed E-state index contributed by atoms with van der Waals surface area (Å²) < 4.78 is 24.3. The van der Waals surface area contributed by atoms with E-state index in [-0.39, 0.29) is 16.8 Å².